The molecule has 5 heteroatoms. The Balaban J connectivity index is 1.69. The van der Waals surface area contributed by atoms with Crippen molar-refractivity contribution in [2.24, 2.45) is 0 Å². The van der Waals surface area contributed by atoms with Crippen LogP contribution in [0, 0.1) is 13.8 Å². The molecule has 0 aromatic heterocycles. The zero-order valence-electron chi connectivity index (χ0n) is 23.9. The standard InChI is InChI=1S/C34H37N3O2/c1-8-37(27-13-9-23(2)10-14-27)29-18-19-31(24(3)21-29)34(25-11-15-26(16-12-25)35(4)5)32-20-17-28(36(6)7)22-30(32)33(38)39-34/h9-22H,8H2,1-7H3. The molecule has 0 aliphatic carbocycles. The highest BCUT2D eigenvalue weighted by atomic mass is 16.6. The molecule has 1 unspecified atom stereocenters. The van der Waals surface area contributed by atoms with E-state index in [0.717, 1.165) is 51.5 Å². The molecule has 0 radical (unpaired) electrons. The molecule has 1 aliphatic rings. The molecule has 0 amide bonds. The Morgan fingerprint density at radius 3 is 1.82 bits per heavy atom. The van der Waals surface area contributed by atoms with Gasteiger partial charge in [-0.2, -0.15) is 0 Å². The zero-order valence-corrected chi connectivity index (χ0v) is 23.9. The zero-order chi connectivity index (χ0) is 27.9. The molecule has 0 bridgehead atoms. The van der Waals surface area contributed by atoms with Crippen molar-refractivity contribution in [2.45, 2.75) is 26.4 Å². The summed E-state index contributed by atoms with van der Waals surface area (Å²) >= 11 is 0. The predicted molar refractivity (Wildman–Crippen MR) is 162 cm³/mol. The molecule has 5 rings (SSSR count). The Labute approximate surface area is 232 Å². The summed E-state index contributed by atoms with van der Waals surface area (Å²) < 4.78 is 6.45. The van der Waals surface area contributed by atoms with Crippen molar-refractivity contribution in [3.63, 3.8) is 0 Å². The molecule has 1 atom stereocenters. The fraction of sp³-hybridized carbons (Fsp3) is 0.265. The van der Waals surface area contributed by atoms with E-state index in [0.29, 0.717) is 5.56 Å². The highest BCUT2D eigenvalue weighted by Gasteiger charge is 2.49. The van der Waals surface area contributed by atoms with Crippen LogP contribution in [0.3, 0.4) is 0 Å². The molecule has 39 heavy (non-hydrogen) atoms. The Morgan fingerprint density at radius 1 is 0.667 bits per heavy atom. The number of benzene rings is 4. The van der Waals surface area contributed by atoms with Crippen LogP contribution in [0.25, 0.3) is 0 Å². The highest BCUT2D eigenvalue weighted by molar-refractivity contribution is 5.97. The first-order chi connectivity index (χ1) is 18.6. The summed E-state index contributed by atoms with van der Waals surface area (Å²) in [4.78, 5) is 19.8. The number of rotatable bonds is 7. The van der Waals surface area contributed by atoms with Gasteiger partial charge in [0, 0.05) is 74.2 Å². The summed E-state index contributed by atoms with van der Waals surface area (Å²) in [6.45, 7) is 7.21. The second-order valence-electron chi connectivity index (χ2n) is 10.7. The summed E-state index contributed by atoms with van der Waals surface area (Å²) in [6.07, 6.45) is 0. The highest BCUT2D eigenvalue weighted by Crippen LogP contribution is 2.49. The quantitative estimate of drug-likeness (QED) is 0.244. The normalized spacial score (nSPS) is 16.0. The molecular formula is C34H37N3O2. The van der Waals surface area contributed by atoms with E-state index >= 15 is 0 Å². The van der Waals surface area contributed by atoms with E-state index in [1.807, 2.05) is 45.2 Å². The van der Waals surface area contributed by atoms with Crippen LogP contribution in [0.4, 0.5) is 22.7 Å². The van der Waals surface area contributed by atoms with Crippen molar-refractivity contribution in [2.75, 3.05) is 49.4 Å². The SMILES string of the molecule is CCN(c1ccc(C)cc1)c1ccc(C2(c3ccc(N(C)C)cc3)OC(=O)c3cc(N(C)C)ccc32)c(C)c1. The van der Waals surface area contributed by atoms with Crippen molar-refractivity contribution < 1.29 is 9.53 Å². The van der Waals surface area contributed by atoms with Gasteiger partial charge in [-0.25, -0.2) is 4.79 Å². The van der Waals surface area contributed by atoms with Gasteiger partial charge in [-0.15, -0.1) is 0 Å². The van der Waals surface area contributed by atoms with Crippen LogP contribution in [0.1, 0.15) is 45.1 Å². The van der Waals surface area contributed by atoms with E-state index in [-0.39, 0.29) is 5.97 Å². The number of carbonyl (C=O) groups excluding carboxylic acids is 1. The lowest BCUT2D eigenvalue weighted by molar-refractivity contribution is 0.0250. The number of carbonyl (C=O) groups is 1. The van der Waals surface area contributed by atoms with Gasteiger partial charge in [-0.1, -0.05) is 42.0 Å². The number of ether oxygens (including phenoxy) is 1. The van der Waals surface area contributed by atoms with E-state index in [1.54, 1.807) is 0 Å². The maximum absolute atomic E-state index is 13.5. The number of hydrogen-bond donors (Lipinski definition) is 0. The van der Waals surface area contributed by atoms with Gasteiger partial charge in [0.15, 0.2) is 5.60 Å². The molecular weight excluding hydrogens is 482 g/mol. The van der Waals surface area contributed by atoms with Gasteiger partial charge >= 0.3 is 5.97 Å². The third kappa shape index (κ3) is 4.52. The average molecular weight is 520 g/mol. The van der Waals surface area contributed by atoms with Gasteiger partial charge < -0.3 is 19.4 Å². The van der Waals surface area contributed by atoms with Crippen LogP contribution in [0.15, 0.2) is 84.9 Å². The molecule has 4 aromatic carbocycles. The van der Waals surface area contributed by atoms with Crippen LogP contribution >= 0.6 is 0 Å². The van der Waals surface area contributed by atoms with Gasteiger partial charge in [0.1, 0.15) is 0 Å². The Morgan fingerprint density at radius 2 is 1.23 bits per heavy atom. The first kappa shape index (κ1) is 26.4. The fourth-order valence-electron chi connectivity index (χ4n) is 5.55. The van der Waals surface area contributed by atoms with Gasteiger partial charge in [-0.3, -0.25) is 0 Å². The van der Waals surface area contributed by atoms with Crippen LogP contribution in [-0.4, -0.2) is 40.7 Å². The second-order valence-corrected chi connectivity index (χ2v) is 10.7. The Bertz CT molecular complexity index is 1510. The van der Waals surface area contributed by atoms with Gasteiger partial charge in [-0.05, 0) is 74.9 Å². The van der Waals surface area contributed by atoms with Gasteiger partial charge in [0.25, 0.3) is 0 Å². The van der Waals surface area contributed by atoms with Crippen LogP contribution in [-0.2, 0) is 10.3 Å². The van der Waals surface area contributed by atoms with E-state index < -0.39 is 5.60 Å². The third-order valence-electron chi connectivity index (χ3n) is 7.72. The molecule has 0 fully saturated rings. The predicted octanol–water partition coefficient (Wildman–Crippen LogP) is 7.06. The molecule has 0 saturated carbocycles. The van der Waals surface area contributed by atoms with Crippen molar-refractivity contribution >= 4 is 28.7 Å². The topological polar surface area (TPSA) is 36.0 Å². The van der Waals surface area contributed by atoms with Crippen molar-refractivity contribution in [1.29, 1.82) is 0 Å². The largest absolute Gasteiger partial charge is 0.441 e. The van der Waals surface area contributed by atoms with Crippen molar-refractivity contribution in [3.05, 3.63) is 118 Å². The van der Waals surface area contributed by atoms with E-state index in [2.05, 4.69) is 103 Å². The minimum Gasteiger partial charge on any atom is -0.441 e. The number of cyclic esters (lactones) is 1. The lowest BCUT2D eigenvalue weighted by Crippen LogP contribution is -2.31. The number of anilines is 4. The molecule has 0 N–H and O–H groups in total. The van der Waals surface area contributed by atoms with E-state index in [1.165, 1.54) is 5.56 Å². The first-order valence-electron chi connectivity index (χ1n) is 13.4. The fourth-order valence-corrected chi connectivity index (χ4v) is 5.55. The monoisotopic (exact) mass is 519 g/mol. The lowest BCUT2D eigenvalue weighted by Gasteiger charge is -2.33. The molecule has 4 aromatic rings. The van der Waals surface area contributed by atoms with E-state index in [4.69, 9.17) is 4.74 Å². The van der Waals surface area contributed by atoms with Gasteiger partial charge in [0.2, 0.25) is 0 Å². The van der Waals surface area contributed by atoms with Gasteiger partial charge in [0.05, 0.1) is 5.56 Å². The second kappa shape index (κ2) is 10.1. The van der Waals surface area contributed by atoms with Crippen LogP contribution in [0.5, 0.6) is 0 Å². The average Bonchev–Trinajstić information content (AvgIpc) is 3.22. The summed E-state index contributed by atoms with van der Waals surface area (Å²) in [5, 5.41) is 0. The maximum Gasteiger partial charge on any atom is 0.340 e. The number of esters is 1. The number of aryl methyl sites for hydroxylation is 2. The molecule has 5 nitrogen and oxygen atoms in total. The summed E-state index contributed by atoms with van der Waals surface area (Å²) in [6, 6.07) is 29.4. The molecule has 0 spiro atoms. The van der Waals surface area contributed by atoms with Crippen molar-refractivity contribution in [1.82, 2.24) is 0 Å². The minimum atomic E-state index is -1.04. The number of nitrogens with zero attached hydrogens (tertiary/aromatic N) is 3. The summed E-state index contributed by atoms with van der Waals surface area (Å²) in [5.41, 5.74) is 8.95. The van der Waals surface area contributed by atoms with Crippen LogP contribution < -0.4 is 14.7 Å². The maximum atomic E-state index is 13.5. The van der Waals surface area contributed by atoms with E-state index in [9.17, 15) is 4.79 Å². The van der Waals surface area contributed by atoms with Crippen LogP contribution in [0.2, 0.25) is 0 Å². The number of fused-ring (bicyclic) bond motifs is 1. The minimum absolute atomic E-state index is 0.302. The number of hydrogen-bond acceptors (Lipinski definition) is 5. The molecule has 1 heterocycles. The molecule has 1 aliphatic heterocycles. The summed E-state index contributed by atoms with van der Waals surface area (Å²) in [5.74, 6) is -0.302. The molecule has 0 saturated heterocycles. The first-order valence-corrected chi connectivity index (χ1v) is 13.4. The molecule has 200 valence electrons. The Kier molecular flexibility index (Phi) is 6.85. The Hall–Kier alpha value is -4.25. The third-order valence-corrected chi connectivity index (χ3v) is 7.72. The van der Waals surface area contributed by atoms with Crippen molar-refractivity contribution in [3.8, 4) is 0 Å². The lowest BCUT2D eigenvalue weighted by atomic mass is 9.78. The summed E-state index contributed by atoms with van der Waals surface area (Å²) in [7, 11) is 8.00. The smallest absolute Gasteiger partial charge is 0.340 e.